The molecule has 5 nitrogen and oxygen atoms in total. The highest BCUT2D eigenvalue weighted by atomic mass is 35.5. The average Bonchev–Trinajstić information content (AvgIpc) is 2.39. The Morgan fingerprint density at radius 3 is 2.85 bits per heavy atom. The molecule has 0 unspecified atom stereocenters. The molecule has 0 fully saturated rings. The smallest absolute Gasteiger partial charge is 0.328 e. The van der Waals surface area contributed by atoms with E-state index in [0.29, 0.717) is 22.9 Å². The van der Waals surface area contributed by atoms with E-state index < -0.39 is 5.97 Å². The van der Waals surface area contributed by atoms with Crippen molar-refractivity contribution in [2.45, 2.75) is 13.3 Å². The summed E-state index contributed by atoms with van der Waals surface area (Å²) in [6.07, 6.45) is 2.61. The normalized spacial score (nSPS) is 10.5. The van der Waals surface area contributed by atoms with Gasteiger partial charge in [-0.3, -0.25) is 4.79 Å². The summed E-state index contributed by atoms with van der Waals surface area (Å²) in [5.41, 5.74) is 0.552. The van der Waals surface area contributed by atoms with E-state index in [0.717, 1.165) is 6.08 Å². The van der Waals surface area contributed by atoms with Gasteiger partial charge >= 0.3 is 5.97 Å². The lowest BCUT2D eigenvalue weighted by Gasteiger charge is -2.10. The van der Waals surface area contributed by atoms with E-state index in [9.17, 15) is 9.59 Å². The molecule has 0 atom stereocenters. The van der Waals surface area contributed by atoms with Gasteiger partial charge in [0.25, 0.3) is 0 Å². The van der Waals surface area contributed by atoms with Crippen LogP contribution in [0, 0.1) is 0 Å². The number of carbonyl (C=O) groups is 2. The second-order valence-corrected chi connectivity index (χ2v) is 4.29. The highest BCUT2D eigenvalue weighted by molar-refractivity contribution is 6.32. The first-order valence-corrected chi connectivity index (χ1v) is 6.51. The Kier molecular flexibility index (Phi) is 6.59. The van der Waals surface area contributed by atoms with Crippen LogP contribution < -0.4 is 10.1 Å². The Morgan fingerprint density at radius 2 is 2.20 bits per heavy atom. The zero-order valence-corrected chi connectivity index (χ0v) is 11.8. The van der Waals surface area contributed by atoms with Crippen LogP contribution in [0.25, 0.3) is 6.08 Å². The van der Waals surface area contributed by atoms with Crippen LogP contribution in [-0.2, 0) is 9.59 Å². The van der Waals surface area contributed by atoms with E-state index in [2.05, 4.69) is 5.32 Å². The van der Waals surface area contributed by atoms with Crippen molar-refractivity contribution in [3.8, 4) is 5.75 Å². The number of carboxylic acids is 1. The lowest BCUT2D eigenvalue weighted by molar-refractivity contribution is -0.131. The summed E-state index contributed by atoms with van der Waals surface area (Å²) in [6, 6.07) is 5.02. The first-order valence-electron chi connectivity index (χ1n) is 6.13. The fourth-order valence-corrected chi connectivity index (χ4v) is 1.74. The molecule has 0 aromatic heterocycles. The number of nitrogens with one attached hydrogen (secondary N) is 1. The van der Waals surface area contributed by atoms with Crippen molar-refractivity contribution in [3.05, 3.63) is 34.9 Å². The minimum atomic E-state index is -1.06. The van der Waals surface area contributed by atoms with Gasteiger partial charge in [-0.25, -0.2) is 4.79 Å². The number of carboxylic acid groups (broad SMARTS) is 1. The summed E-state index contributed by atoms with van der Waals surface area (Å²) in [5, 5.41) is 11.7. The van der Waals surface area contributed by atoms with E-state index in [1.165, 1.54) is 6.08 Å². The van der Waals surface area contributed by atoms with E-state index in [-0.39, 0.29) is 18.9 Å². The molecule has 0 saturated carbocycles. The summed E-state index contributed by atoms with van der Waals surface area (Å²) < 4.78 is 5.48. The Balaban J connectivity index is 2.73. The summed E-state index contributed by atoms with van der Waals surface area (Å²) in [7, 11) is 0. The van der Waals surface area contributed by atoms with Crippen LogP contribution in [0.2, 0.25) is 5.02 Å². The quantitative estimate of drug-likeness (QED) is 0.758. The van der Waals surface area contributed by atoms with Crippen molar-refractivity contribution in [2.75, 3.05) is 13.2 Å². The molecule has 0 aliphatic carbocycles. The number of halogens is 1. The standard InChI is InChI=1S/C14H16ClNO4/c1-2-16-12(17)8-9-20-14-10(6-7-13(18)19)4-3-5-11(14)15/h3-7H,2,8-9H2,1H3,(H,16,17)(H,18,19)/b7-6+. The number of hydrogen-bond donors (Lipinski definition) is 2. The van der Waals surface area contributed by atoms with Gasteiger partial charge in [-0.15, -0.1) is 0 Å². The molecule has 0 radical (unpaired) electrons. The summed E-state index contributed by atoms with van der Waals surface area (Å²) >= 11 is 6.01. The van der Waals surface area contributed by atoms with Crippen LogP contribution >= 0.6 is 11.6 Å². The molecule has 0 saturated heterocycles. The molecule has 6 heteroatoms. The predicted molar refractivity (Wildman–Crippen MR) is 76.9 cm³/mol. The van der Waals surface area contributed by atoms with Gasteiger partial charge in [0.05, 0.1) is 18.1 Å². The molecule has 108 valence electrons. The maximum Gasteiger partial charge on any atom is 0.328 e. The highest BCUT2D eigenvalue weighted by Gasteiger charge is 2.08. The third kappa shape index (κ3) is 5.32. The van der Waals surface area contributed by atoms with Crippen LogP contribution in [0.4, 0.5) is 0 Å². The van der Waals surface area contributed by atoms with Gasteiger partial charge in [-0.05, 0) is 19.1 Å². The van der Waals surface area contributed by atoms with Crippen LogP contribution in [0.3, 0.4) is 0 Å². The number of amides is 1. The van der Waals surface area contributed by atoms with Gasteiger partial charge < -0.3 is 15.2 Å². The van der Waals surface area contributed by atoms with Gasteiger partial charge in [-0.1, -0.05) is 23.7 Å². The predicted octanol–water partition coefficient (Wildman–Crippen LogP) is 2.34. The number of hydrogen-bond acceptors (Lipinski definition) is 3. The lowest BCUT2D eigenvalue weighted by Crippen LogP contribution is -2.24. The molecule has 1 amide bonds. The number of benzene rings is 1. The molecule has 0 aliphatic rings. The molecule has 0 heterocycles. The van der Waals surface area contributed by atoms with Gasteiger partial charge in [-0.2, -0.15) is 0 Å². The van der Waals surface area contributed by atoms with Crippen LogP contribution in [0.1, 0.15) is 18.9 Å². The first-order chi connectivity index (χ1) is 9.54. The molecule has 0 bridgehead atoms. The Hall–Kier alpha value is -2.01. The number of aliphatic carboxylic acids is 1. The monoisotopic (exact) mass is 297 g/mol. The van der Waals surface area contributed by atoms with Crippen LogP contribution in [0.5, 0.6) is 5.75 Å². The minimum absolute atomic E-state index is 0.109. The zero-order valence-electron chi connectivity index (χ0n) is 11.1. The Morgan fingerprint density at radius 1 is 1.45 bits per heavy atom. The second-order valence-electron chi connectivity index (χ2n) is 3.88. The number of rotatable bonds is 7. The third-order valence-corrected chi connectivity index (χ3v) is 2.65. The van der Waals surface area contributed by atoms with Crippen molar-refractivity contribution in [1.82, 2.24) is 5.32 Å². The minimum Gasteiger partial charge on any atom is -0.491 e. The summed E-state index contributed by atoms with van der Waals surface area (Å²) in [4.78, 5) is 21.8. The van der Waals surface area contributed by atoms with E-state index in [4.69, 9.17) is 21.4 Å². The maximum absolute atomic E-state index is 11.3. The topological polar surface area (TPSA) is 75.6 Å². The van der Waals surface area contributed by atoms with Gasteiger partial charge in [0.1, 0.15) is 5.75 Å². The molecule has 2 N–H and O–H groups in total. The van der Waals surface area contributed by atoms with Crippen molar-refractivity contribution < 1.29 is 19.4 Å². The number of para-hydroxylation sites is 1. The Bertz CT molecular complexity index is 514. The largest absolute Gasteiger partial charge is 0.491 e. The molecule has 0 aliphatic heterocycles. The fraction of sp³-hybridized carbons (Fsp3) is 0.286. The molecule has 1 aromatic carbocycles. The highest BCUT2D eigenvalue weighted by Crippen LogP contribution is 2.29. The second kappa shape index (κ2) is 8.22. The van der Waals surface area contributed by atoms with Crippen molar-refractivity contribution in [2.24, 2.45) is 0 Å². The van der Waals surface area contributed by atoms with Crippen molar-refractivity contribution in [1.29, 1.82) is 0 Å². The molecule has 20 heavy (non-hydrogen) atoms. The molecular weight excluding hydrogens is 282 g/mol. The molecule has 1 aromatic rings. The van der Waals surface area contributed by atoms with E-state index >= 15 is 0 Å². The van der Waals surface area contributed by atoms with E-state index in [1.807, 2.05) is 6.92 Å². The van der Waals surface area contributed by atoms with Crippen molar-refractivity contribution >= 4 is 29.6 Å². The van der Waals surface area contributed by atoms with Crippen molar-refractivity contribution in [3.63, 3.8) is 0 Å². The summed E-state index contributed by atoms with van der Waals surface area (Å²) in [5.74, 6) is -0.795. The van der Waals surface area contributed by atoms with E-state index in [1.54, 1.807) is 18.2 Å². The molecule has 0 spiro atoms. The van der Waals surface area contributed by atoms with Crippen LogP contribution in [-0.4, -0.2) is 30.1 Å². The lowest BCUT2D eigenvalue weighted by atomic mass is 10.2. The average molecular weight is 298 g/mol. The fourth-order valence-electron chi connectivity index (χ4n) is 1.50. The first kappa shape index (κ1) is 16.0. The Labute approximate surface area is 122 Å². The zero-order chi connectivity index (χ0) is 15.0. The number of ether oxygens (including phenoxy) is 1. The summed E-state index contributed by atoms with van der Waals surface area (Å²) in [6.45, 7) is 2.57. The third-order valence-electron chi connectivity index (χ3n) is 2.35. The SMILES string of the molecule is CCNC(=O)CCOc1c(Cl)cccc1/C=C/C(=O)O. The van der Waals surface area contributed by atoms with Crippen LogP contribution in [0.15, 0.2) is 24.3 Å². The van der Waals surface area contributed by atoms with Gasteiger partial charge in [0, 0.05) is 18.2 Å². The van der Waals surface area contributed by atoms with Gasteiger partial charge in [0.2, 0.25) is 5.91 Å². The molecule has 1 rings (SSSR count). The maximum atomic E-state index is 11.3. The molecular formula is C14H16ClNO4. The van der Waals surface area contributed by atoms with Gasteiger partial charge in [0.15, 0.2) is 0 Å². The number of carbonyl (C=O) groups excluding carboxylic acids is 1.